The summed E-state index contributed by atoms with van der Waals surface area (Å²) in [5.74, 6) is -1.67. The minimum atomic E-state index is -1.23. The molecule has 0 aromatic heterocycles. The number of nitrogens with one attached hydrogen (secondary N) is 1. The average molecular weight is 551 g/mol. The fourth-order valence-corrected chi connectivity index (χ4v) is 4.81. The topological polar surface area (TPSA) is 114 Å². The number of hydrogen-bond acceptors (Lipinski definition) is 6. The summed E-state index contributed by atoms with van der Waals surface area (Å²) in [7, 11) is 0. The molecule has 4 rings (SSSR count). The standard InChI is InChI=1S/C26H28Cl2N2O7/c27-19-5-4-6-20(28)18(19)14-35-17-9-7-16(8-10-17)13-21(26(33)34)29-24(31)22-23(37-15-36-22)25(32)30-11-2-1-3-12-30/h4-10,21-23H,1-3,11-15H2,(H,29,31)(H,33,34)/t21?,22-,23-/m1/s1. The number of carbonyl (C=O) groups is 3. The highest BCUT2D eigenvalue weighted by atomic mass is 35.5. The first-order valence-corrected chi connectivity index (χ1v) is 12.8. The molecule has 2 aliphatic heterocycles. The maximum atomic E-state index is 12.9. The van der Waals surface area contributed by atoms with Gasteiger partial charge in [0.25, 0.3) is 11.8 Å². The van der Waals surface area contributed by atoms with Gasteiger partial charge in [0, 0.05) is 35.1 Å². The number of hydrogen-bond donors (Lipinski definition) is 2. The van der Waals surface area contributed by atoms with E-state index in [1.807, 2.05) is 0 Å². The first-order chi connectivity index (χ1) is 17.8. The number of ether oxygens (including phenoxy) is 3. The molecule has 11 heteroatoms. The van der Waals surface area contributed by atoms with E-state index >= 15 is 0 Å². The van der Waals surface area contributed by atoms with Crippen LogP contribution in [0.2, 0.25) is 10.0 Å². The van der Waals surface area contributed by atoms with Gasteiger partial charge in [-0.3, -0.25) is 9.59 Å². The molecule has 0 bridgehead atoms. The molecule has 0 saturated carbocycles. The summed E-state index contributed by atoms with van der Waals surface area (Å²) < 4.78 is 16.5. The van der Waals surface area contributed by atoms with Crippen molar-refractivity contribution in [2.45, 2.75) is 50.5 Å². The molecular formula is C26H28Cl2N2O7. The third kappa shape index (κ3) is 6.93. The monoisotopic (exact) mass is 550 g/mol. The van der Waals surface area contributed by atoms with Crippen LogP contribution in [0.3, 0.4) is 0 Å². The Bertz CT molecular complexity index is 1100. The van der Waals surface area contributed by atoms with E-state index in [0.29, 0.717) is 40.0 Å². The molecule has 2 aliphatic rings. The Balaban J connectivity index is 1.34. The van der Waals surface area contributed by atoms with Gasteiger partial charge in [-0.25, -0.2) is 4.79 Å². The van der Waals surface area contributed by atoms with Crippen molar-refractivity contribution < 1.29 is 33.7 Å². The van der Waals surface area contributed by atoms with E-state index < -0.39 is 30.1 Å². The summed E-state index contributed by atoms with van der Waals surface area (Å²) >= 11 is 12.3. The van der Waals surface area contributed by atoms with Crippen molar-refractivity contribution >= 4 is 41.0 Å². The highest BCUT2D eigenvalue weighted by Crippen LogP contribution is 2.26. The zero-order valence-electron chi connectivity index (χ0n) is 20.0. The number of rotatable bonds is 9. The van der Waals surface area contributed by atoms with Crippen LogP contribution in [0.1, 0.15) is 30.4 Å². The van der Waals surface area contributed by atoms with Crippen molar-refractivity contribution in [2.75, 3.05) is 19.9 Å². The second kappa shape index (κ2) is 12.6. The Labute approximate surface area is 224 Å². The predicted octanol–water partition coefficient (Wildman–Crippen LogP) is 3.44. The lowest BCUT2D eigenvalue weighted by molar-refractivity contribution is -0.147. The molecule has 3 atom stereocenters. The SMILES string of the molecule is O=C(O)C(Cc1ccc(OCc2c(Cl)cccc2Cl)cc1)NC(=O)[C@@H]1OCO[C@H]1C(=O)N1CCCCC1. The van der Waals surface area contributed by atoms with Crippen molar-refractivity contribution in [3.8, 4) is 5.75 Å². The maximum absolute atomic E-state index is 12.9. The first kappa shape index (κ1) is 27.2. The summed E-state index contributed by atoms with van der Waals surface area (Å²) in [6, 6.07) is 10.8. The van der Waals surface area contributed by atoms with Crippen molar-refractivity contribution in [3.05, 3.63) is 63.6 Å². The van der Waals surface area contributed by atoms with Gasteiger partial charge < -0.3 is 29.5 Å². The normalized spacial score (nSPS) is 20.3. The predicted molar refractivity (Wildman–Crippen MR) is 136 cm³/mol. The molecule has 0 aliphatic carbocycles. The molecule has 2 saturated heterocycles. The molecule has 2 heterocycles. The van der Waals surface area contributed by atoms with E-state index in [1.165, 1.54) is 0 Å². The summed E-state index contributed by atoms with van der Waals surface area (Å²) in [6.07, 6.45) is 0.581. The van der Waals surface area contributed by atoms with Gasteiger partial charge in [0.2, 0.25) is 0 Å². The zero-order chi connectivity index (χ0) is 26.4. The molecule has 2 N–H and O–H groups in total. The third-order valence-corrected chi connectivity index (χ3v) is 7.07. The third-order valence-electron chi connectivity index (χ3n) is 6.36. The summed E-state index contributed by atoms with van der Waals surface area (Å²) in [5, 5.41) is 13.2. The minimum absolute atomic E-state index is 0.0238. The number of aliphatic carboxylic acids is 1. The van der Waals surface area contributed by atoms with Crippen LogP contribution in [0.15, 0.2) is 42.5 Å². The molecule has 9 nitrogen and oxygen atoms in total. The molecule has 1 unspecified atom stereocenters. The van der Waals surface area contributed by atoms with Crippen LogP contribution in [-0.2, 0) is 36.9 Å². The lowest BCUT2D eigenvalue weighted by Gasteiger charge is -2.29. The van der Waals surface area contributed by atoms with Crippen LogP contribution in [-0.4, -0.2) is 65.9 Å². The van der Waals surface area contributed by atoms with Gasteiger partial charge in [-0.1, -0.05) is 41.4 Å². The van der Waals surface area contributed by atoms with Gasteiger partial charge in [-0.2, -0.15) is 0 Å². The van der Waals surface area contributed by atoms with Gasteiger partial charge in [-0.15, -0.1) is 0 Å². The Morgan fingerprint density at radius 3 is 2.30 bits per heavy atom. The number of amides is 2. The molecule has 198 valence electrons. The summed E-state index contributed by atoms with van der Waals surface area (Å²) in [6.45, 7) is 1.18. The van der Waals surface area contributed by atoms with Crippen LogP contribution >= 0.6 is 23.2 Å². The van der Waals surface area contributed by atoms with E-state index in [0.717, 1.165) is 19.3 Å². The highest BCUT2D eigenvalue weighted by molar-refractivity contribution is 6.35. The number of halogens is 2. The number of carboxylic acids is 1. The molecule has 0 spiro atoms. The van der Waals surface area contributed by atoms with Crippen LogP contribution in [0.5, 0.6) is 5.75 Å². The minimum Gasteiger partial charge on any atom is -0.489 e. The van der Waals surface area contributed by atoms with Gasteiger partial charge >= 0.3 is 5.97 Å². The molecular weight excluding hydrogens is 523 g/mol. The van der Waals surface area contributed by atoms with Crippen LogP contribution in [0, 0.1) is 0 Å². The Kier molecular flexibility index (Phi) is 9.26. The van der Waals surface area contributed by atoms with Gasteiger partial charge in [0.1, 0.15) is 25.2 Å². The Hall–Kier alpha value is -2.85. The van der Waals surface area contributed by atoms with Crippen molar-refractivity contribution in [1.29, 1.82) is 0 Å². The molecule has 2 aromatic carbocycles. The van der Waals surface area contributed by atoms with Crippen molar-refractivity contribution in [1.82, 2.24) is 10.2 Å². The number of nitrogens with zero attached hydrogens (tertiary/aromatic N) is 1. The van der Waals surface area contributed by atoms with Crippen LogP contribution < -0.4 is 10.1 Å². The molecule has 2 amide bonds. The Morgan fingerprint density at radius 2 is 1.65 bits per heavy atom. The van der Waals surface area contributed by atoms with Gasteiger partial charge in [-0.05, 0) is 49.1 Å². The lowest BCUT2D eigenvalue weighted by atomic mass is 10.0. The van der Waals surface area contributed by atoms with Crippen molar-refractivity contribution in [3.63, 3.8) is 0 Å². The Morgan fingerprint density at radius 1 is 1.00 bits per heavy atom. The van der Waals surface area contributed by atoms with E-state index in [2.05, 4.69) is 5.32 Å². The second-order valence-corrected chi connectivity index (χ2v) is 9.73. The number of benzene rings is 2. The van der Waals surface area contributed by atoms with E-state index in [-0.39, 0.29) is 25.7 Å². The number of carbonyl (C=O) groups excluding carboxylic acids is 2. The molecule has 0 radical (unpaired) electrons. The molecule has 37 heavy (non-hydrogen) atoms. The average Bonchev–Trinajstić information content (AvgIpc) is 3.39. The molecule has 2 aromatic rings. The van der Waals surface area contributed by atoms with E-state index in [9.17, 15) is 19.5 Å². The fraction of sp³-hybridized carbons (Fsp3) is 0.423. The summed E-state index contributed by atoms with van der Waals surface area (Å²) in [4.78, 5) is 39.3. The highest BCUT2D eigenvalue weighted by Gasteiger charge is 2.43. The van der Waals surface area contributed by atoms with Gasteiger partial charge in [0.15, 0.2) is 12.2 Å². The van der Waals surface area contributed by atoms with Gasteiger partial charge in [0.05, 0.1) is 0 Å². The maximum Gasteiger partial charge on any atom is 0.326 e. The smallest absolute Gasteiger partial charge is 0.326 e. The molecule has 2 fully saturated rings. The summed E-state index contributed by atoms with van der Waals surface area (Å²) in [5.41, 5.74) is 1.33. The van der Waals surface area contributed by atoms with E-state index in [4.69, 9.17) is 37.4 Å². The lowest BCUT2D eigenvalue weighted by Crippen LogP contribution is -2.53. The van der Waals surface area contributed by atoms with Crippen LogP contribution in [0.25, 0.3) is 0 Å². The quantitative estimate of drug-likeness (QED) is 0.491. The second-order valence-electron chi connectivity index (χ2n) is 8.91. The number of likely N-dealkylation sites (tertiary alicyclic amines) is 1. The fourth-order valence-electron chi connectivity index (χ4n) is 4.31. The number of carboxylic acid groups (broad SMARTS) is 1. The first-order valence-electron chi connectivity index (χ1n) is 12.0. The number of piperidine rings is 1. The largest absolute Gasteiger partial charge is 0.489 e. The van der Waals surface area contributed by atoms with E-state index in [1.54, 1.807) is 47.4 Å². The zero-order valence-corrected chi connectivity index (χ0v) is 21.5. The van der Waals surface area contributed by atoms with Crippen LogP contribution in [0.4, 0.5) is 0 Å². The van der Waals surface area contributed by atoms with Crippen molar-refractivity contribution in [2.24, 2.45) is 0 Å².